The first kappa shape index (κ1) is 19.6. The number of guanidine groups is 1. The van der Waals surface area contributed by atoms with Crippen LogP contribution in [0.4, 0.5) is 0 Å². The second-order valence-electron chi connectivity index (χ2n) is 6.64. The highest BCUT2D eigenvalue weighted by Gasteiger charge is 2.19. The van der Waals surface area contributed by atoms with Crippen molar-refractivity contribution in [3.8, 4) is 5.75 Å². The molecule has 27 heavy (non-hydrogen) atoms. The van der Waals surface area contributed by atoms with E-state index >= 15 is 0 Å². The average Bonchev–Trinajstić information content (AvgIpc) is 3.02. The number of hydrogen-bond donors (Lipinski definition) is 1. The monoisotopic (exact) mass is 387 g/mol. The summed E-state index contributed by atoms with van der Waals surface area (Å²) >= 11 is 1.75. The Morgan fingerprint density at radius 2 is 1.93 bits per heavy atom. The van der Waals surface area contributed by atoms with E-state index in [2.05, 4.69) is 38.9 Å². The molecule has 0 unspecified atom stereocenters. The van der Waals surface area contributed by atoms with Crippen molar-refractivity contribution in [2.75, 3.05) is 46.4 Å². The number of aryl methyl sites for hydroxylation is 2. The van der Waals surface area contributed by atoms with Crippen LogP contribution in [-0.4, -0.2) is 67.1 Å². The number of nitrogens with one attached hydrogen (secondary N) is 1. The van der Waals surface area contributed by atoms with Crippen molar-refractivity contribution in [1.29, 1.82) is 0 Å². The summed E-state index contributed by atoms with van der Waals surface area (Å²) in [4.78, 5) is 15.1. The van der Waals surface area contributed by atoms with E-state index in [-0.39, 0.29) is 0 Å². The largest absolute Gasteiger partial charge is 0.492 e. The SMILES string of the molecule is CN=C(NCc1nc(C)c(C)s1)N1CCN(CCOc2ccccc2)CC1. The van der Waals surface area contributed by atoms with Crippen molar-refractivity contribution in [2.24, 2.45) is 4.99 Å². The van der Waals surface area contributed by atoms with E-state index in [0.717, 1.165) is 68.3 Å². The molecule has 0 radical (unpaired) electrons. The van der Waals surface area contributed by atoms with Gasteiger partial charge in [0.05, 0.1) is 12.2 Å². The Kier molecular flexibility index (Phi) is 7.06. The summed E-state index contributed by atoms with van der Waals surface area (Å²) in [5.41, 5.74) is 1.12. The van der Waals surface area contributed by atoms with E-state index in [1.54, 1.807) is 11.3 Å². The van der Waals surface area contributed by atoms with Gasteiger partial charge in [-0.3, -0.25) is 9.89 Å². The van der Waals surface area contributed by atoms with Crippen LogP contribution < -0.4 is 10.1 Å². The Morgan fingerprint density at radius 1 is 1.19 bits per heavy atom. The Balaban J connectivity index is 1.39. The third-order valence-corrected chi connectivity index (χ3v) is 5.85. The minimum absolute atomic E-state index is 0.722. The van der Waals surface area contributed by atoms with E-state index in [1.807, 2.05) is 37.4 Å². The van der Waals surface area contributed by atoms with Crippen LogP contribution in [0.15, 0.2) is 35.3 Å². The maximum atomic E-state index is 5.81. The lowest BCUT2D eigenvalue weighted by Crippen LogP contribution is -2.52. The molecular weight excluding hydrogens is 358 g/mol. The molecule has 0 saturated carbocycles. The van der Waals surface area contributed by atoms with Gasteiger partial charge in [0.15, 0.2) is 5.96 Å². The van der Waals surface area contributed by atoms with Crippen molar-refractivity contribution in [3.63, 3.8) is 0 Å². The molecule has 1 fully saturated rings. The molecule has 1 aromatic heterocycles. The zero-order valence-corrected chi connectivity index (χ0v) is 17.3. The Bertz CT molecular complexity index is 719. The first-order chi connectivity index (χ1) is 13.2. The molecule has 3 rings (SSSR count). The normalized spacial score (nSPS) is 15.8. The number of hydrogen-bond acceptors (Lipinski definition) is 5. The molecule has 1 saturated heterocycles. The standard InChI is InChI=1S/C20H29N5OS/c1-16-17(2)27-19(23-16)15-22-20(21-3)25-11-9-24(10-12-25)13-14-26-18-7-5-4-6-8-18/h4-8H,9-15H2,1-3H3,(H,21,22). The fraction of sp³-hybridized carbons (Fsp3) is 0.500. The molecule has 1 aliphatic rings. The lowest BCUT2D eigenvalue weighted by atomic mass is 10.3. The highest BCUT2D eigenvalue weighted by molar-refractivity contribution is 7.11. The molecule has 1 N–H and O–H groups in total. The number of nitrogens with zero attached hydrogens (tertiary/aromatic N) is 4. The van der Waals surface area contributed by atoms with Gasteiger partial charge in [0.2, 0.25) is 0 Å². The van der Waals surface area contributed by atoms with Crippen LogP contribution in [0.1, 0.15) is 15.6 Å². The van der Waals surface area contributed by atoms with Crippen LogP contribution in [0.2, 0.25) is 0 Å². The third-order valence-electron chi connectivity index (χ3n) is 4.77. The van der Waals surface area contributed by atoms with Gasteiger partial charge >= 0.3 is 0 Å². The smallest absolute Gasteiger partial charge is 0.194 e. The van der Waals surface area contributed by atoms with Gasteiger partial charge < -0.3 is 15.0 Å². The summed E-state index contributed by atoms with van der Waals surface area (Å²) in [7, 11) is 1.85. The van der Waals surface area contributed by atoms with Gasteiger partial charge in [-0.15, -0.1) is 11.3 Å². The molecule has 1 aliphatic heterocycles. The number of thiazole rings is 1. The number of aliphatic imine (C=N–C) groups is 1. The zero-order chi connectivity index (χ0) is 19.1. The van der Waals surface area contributed by atoms with Crippen molar-refractivity contribution in [3.05, 3.63) is 45.9 Å². The molecule has 7 heteroatoms. The lowest BCUT2D eigenvalue weighted by molar-refractivity contribution is 0.152. The van der Waals surface area contributed by atoms with E-state index in [9.17, 15) is 0 Å². The fourth-order valence-electron chi connectivity index (χ4n) is 3.09. The van der Waals surface area contributed by atoms with Gasteiger partial charge in [-0.05, 0) is 26.0 Å². The average molecular weight is 388 g/mol. The highest BCUT2D eigenvalue weighted by Crippen LogP contribution is 2.16. The summed E-state index contributed by atoms with van der Waals surface area (Å²) < 4.78 is 5.81. The second kappa shape index (κ2) is 9.71. The number of aromatic nitrogens is 1. The van der Waals surface area contributed by atoms with Gasteiger partial charge in [-0.1, -0.05) is 18.2 Å². The fourth-order valence-corrected chi connectivity index (χ4v) is 3.97. The van der Waals surface area contributed by atoms with Crippen LogP contribution in [0, 0.1) is 13.8 Å². The van der Waals surface area contributed by atoms with Crippen molar-refractivity contribution < 1.29 is 4.74 Å². The van der Waals surface area contributed by atoms with E-state index in [4.69, 9.17) is 4.74 Å². The van der Waals surface area contributed by atoms with Crippen LogP contribution in [-0.2, 0) is 6.54 Å². The maximum absolute atomic E-state index is 5.81. The summed E-state index contributed by atoms with van der Waals surface area (Å²) in [6.45, 7) is 10.6. The van der Waals surface area contributed by atoms with E-state index in [1.165, 1.54) is 4.88 Å². The van der Waals surface area contributed by atoms with Gasteiger partial charge in [0.1, 0.15) is 17.4 Å². The number of piperazine rings is 1. The maximum Gasteiger partial charge on any atom is 0.194 e. The van der Waals surface area contributed by atoms with Gasteiger partial charge in [0.25, 0.3) is 0 Å². The van der Waals surface area contributed by atoms with Crippen LogP contribution in [0.5, 0.6) is 5.75 Å². The lowest BCUT2D eigenvalue weighted by Gasteiger charge is -2.36. The molecule has 0 bridgehead atoms. The number of benzene rings is 1. The van der Waals surface area contributed by atoms with Crippen molar-refractivity contribution in [2.45, 2.75) is 20.4 Å². The Morgan fingerprint density at radius 3 is 2.56 bits per heavy atom. The minimum atomic E-state index is 0.722. The second-order valence-corrected chi connectivity index (χ2v) is 7.93. The highest BCUT2D eigenvalue weighted by atomic mass is 32.1. The number of rotatable bonds is 6. The van der Waals surface area contributed by atoms with E-state index < -0.39 is 0 Å². The van der Waals surface area contributed by atoms with Gasteiger partial charge in [-0.25, -0.2) is 4.98 Å². The summed E-state index contributed by atoms with van der Waals surface area (Å²) in [5, 5.41) is 4.57. The molecule has 146 valence electrons. The minimum Gasteiger partial charge on any atom is -0.492 e. The Hall–Kier alpha value is -2.12. The molecule has 0 atom stereocenters. The van der Waals surface area contributed by atoms with Crippen molar-refractivity contribution >= 4 is 17.3 Å². The first-order valence-corrected chi connectivity index (χ1v) is 10.3. The molecule has 2 aromatic rings. The first-order valence-electron chi connectivity index (χ1n) is 9.44. The predicted molar refractivity (Wildman–Crippen MR) is 112 cm³/mol. The number of ether oxygens (including phenoxy) is 1. The summed E-state index contributed by atoms with van der Waals surface area (Å²) in [6, 6.07) is 10.0. The van der Waals surface area contributed by atoms with Gasteiger partial charge in [-0.2, -0.15) is 0 Å². The molecule has 0 aliphatic carbocycles. The van der Waals surface area contributed by atoms with Crippen LogP contribution in [0.25, 0.3) is 0 Å². The molecular formula is C20H29N5OS. The molecule has 6 nitrogen and oxygen atoms in total. The van der Waals surface area contributed by atoms with Crippen molar-refractivity contribution in [1.82, 2.24) is 20.1 Å². The van der Waals surface area contributed by atoms with Gasteiger partial charge in [0, 0.05) is 44.6 Å². The third kappa shape index (κ3) is 5.68. The topological polar surface area (TPSA) is 53.0 Å². The van der Waals surface area contributed by atoms with Crippen LogP contribution in [0.3, 0.4) is 0 Å². The molecule has 1 aromatic carbocycles. The van der Waals surface area contributed by atoms with Crippen LogP contribution >= 0.6 is 11.3 Å². The number of para-hydroxylation sites is 1. The summed E-state index contributed by atoms with van der Waals surface area (Å²) in [5.74, 6) is 1.90. The predicted octanol–water partition coefficient (Wildman–Crippen LogP) is 2.53. The molecule has 0 spiro atoms. The summed E-state index contributed by atoms with van der Waals surface area (Å²) in [6.07, 6.45) is 0. The zero-order valence-electron chi connectivity index (χ0n) is 16.4. The molecule has 0 amide bonds. The molecule has 2 heterocycles. The Labute approximate surface area is 165 Å². The quantitative estimate of drug-likeness (QED) is 0.610. The van der Waals surface area contributed by atoms with E-state index in [0.29, 0.717) is 0 Å².